The number of carbonyl (C=O) groups excluding carboxylic acids is 2. The maximum atomic E-state index is 13.0. The van der Waals surface area contributed by atoms with Crippen LogP contribution in [-0.4, -0.2) is 35.9 Å². The molecule has 0 unspecified atom stereocenters. The highest BCUT2D eigenvalue weighted by Crippen LogP contribution is 2.31. The number of nitrogens with zero attached hydrogens (tertiary/aromatic N) is 2. The number of esters is 1. The Hall–Kier alpha value is -3.82. The molecule has 1 aromatic heterocycles. The third-order valence-electron chi connectivity index (χ3n) is 4.46. The van der Waals surface area contributed by atoms with Crippen LogP contribution in [0.25, 0.3) is 5.69 Å². The number of anilines is 1. The summed E-state index contributed by atoms with van der Waals surface area (Å²) in [6, 6.07) is 9.17. The normalized spacial score (nSPS) is 11.2. The van der Waals surface area contributed by atoms with E-state index in [1.54, 1.807) is 19.1 Å². The van der Waals surface area contributed by atoms with Gasteiger partial charge in [-0.25, -0.2) is 9.48 Å². The van der Waals surface area contributed by atoms with Crippen molar-refractivity contribution in [2.24, 2.45) is 0 Å². The van der Waals surface area contributed by atoms with E-state index in [2.05, 4.69) is 15.2 Å². The van der Waals surface area contributed by atoms with Crippen molar-refractivity contribution in [3.63, 3.8) is 0 Å². The van der Waals surface area contributed by atoms with E-state index in [1.165, 1.54) is 38.6 Å². The lowest BCUT2D eigenvalue weighted by Gasteiger charge is -2.10. The number of methoxy groups -OCH3 is 2. The van der Waals surface area contributed by atoms with Crippen molar-refractivity contribution >= 4 is 17.6 Å². The number of rotatable bonds is 5. The van der Waals surface area contributed by atoms with Crippen LogP contribution >= 0.6 is 0 Å². The van der Waals surface area contributed by atoms with E-state index in [9.17, 15) is 22.8 Å². The molecule has 0 aliphatic carbocycles. The number of benzene rings is 2. The number of halogens is 3. The smallest absolute Gasteiger partial charge is 0.416 e. The predicted octanol–water partition coefficient (Wildman–Crippen LogP) is 4.25. The Morgan fingerprint density at radius 2 is 1.84 bits per heavy atom. The van der Waals surface area contributed by atoms with Crippen LogP contribution in [-0.2, 0) is 10.9 Å². The molecule has 10 heteroatoms. The molecule has 0 aliphatic heterocycles. The van der Waals surface area contributed by atoms with Gasteiger partial charge in [-0.3, -0.25) is 4.79 Å². The van der Waals surface area contributed by atoms with Gasteiger partial charge in [0.25, 0.3) is 5.91 Å². The molecule has 0 bridgehead atoms. The lowest BCUT2D eigenvalue weighted by molar-refractivity contribution is -0.137. The molecule has 0 saturated heterocycles. The van der Waals surface area contributed by atoms with E-state index in [0.717, 1.165) is 16.8 Å². The number of carbonyl (C=O) groups is 2. The highest BCUT2D eigenvalue weighted by atomic mass is 19.4. The fourth-order valence-corrected chi connectivity index (χ4v) is 2.80. The lowest BCUT2D eigenvalue weighted by atomic mass is 10.1. The summed E-state index contributed by atoms with van der Waals surface area (Å²) in [5, 5.41) is 6.73. The minimum atomic E-state index is -4.52. The van der Waals surface area contributed by atoms with Gasteiger partial charge in [0.05, 0.1) is 37.2 Å². The van der Waals surface area contributed by atoms with E-state index in [0.29, 0.717) is 11.3 Å². The van der Waals surface area contributed by atoms with Crippen molar-refractivity contribution in [2.75, 3.05) is 19.5 Å². The summed E-state index contributed by atoms with van der Waals surface area (Å²) in [6.07, 6.45) is -3.21. The average Bonchev–Trinajstić information content (AvgIpc) is 3.19. The molecule has 1 heterocycles. The first-order valence-corrected chi connectivity index (χ1v) is 8.95. The van der Waals surface area contributed by atoms with Gasteiger partial charge in [0.15, 0.2) is 11.4 Å². The van der Waals surface area contributed by atoms with Crippen LogP contribution < -0.4 is 10.1 Å². The summed E-state index contributed by atoms with van der Waals surface area (Å²) < 4.78 is 50.0. The predicted molar refractivity (Wildman–Crippen MR) is 106 cm³/mol. The van der Waals surface area contributed by atoms with Crippen LogP contribution in [0.15, 0.2) is 48.7 Å². The quantitative estimate of drug-likeness (QED) is 0.609. The Labute approximate surface area is 175 Å². The topological polar surface area (TPSA) is 82.5 Å². The van der Waals surface area contributed by atoms with Gasteiger partial charge in [-0.2, -0.15) is 18.3 Å². The molecule has 1 amide bonds. The molecule has 162 valence electrons. The second kappa shape index (κ2) is 8.50. The molecule has 0 saturated carbocycles. The Morgan fingerprint density at radius 1 is 1.10 bits per heavy atom. The number of aromatic nitrogens is 2. The molecule has 3 rings (SSSR count). The summed E-state index contributed by atoms with van der Waals surface area (Å²) in [6.45, 7) is 1.73. The van der Waals surface area contributed by atoms with E-state index in [1.807, 2.05) is 0 Å². The van der Waals surface area contributed by atoms with Gasteiger partial charge in [-0.15, -0.1) is 0 Å². The van der Waals surface area contributed by atoms with E-state index in [-0.39, 0.29) is 22.7 Å². The number of ether oxygens (including phenoxy) is 2. The largest absolute Gasteiger partial charge is 0.493 e. The molecule has 1 N–H and O–H groups in total. The summed E-state index contributed by atoms with van der Waals surface area (Å²) in [5.74, 6) is -1.16. The van der Waals surface area contributed by atoms with E-state index >= 15 is 0 Å². The monoisotopic (exact) mass is 433 g/mol. The van der Waals surface area contributed by atoms with Crippen LogP contribution in [0.3, 0.4) is 0 Å². The van der Waals surface area contributed by atoms with E-state index in [4.69, 9.17) is 4.74 Å². The van der Waals surface area contributed by atoms with Gasteiger partial charge >= 0.3 is 12.1 Å². The van der Waals surface area contributed by atoms with Crippen molar-refractivity contribution in [2.45, 2.75) is 13.1 Å². The first-order chi connectivity index (χ1) is 14.6. The molecule has 0 radical (unpaired) electrons. The molecular weight excluding hydrogens is 415 g/mol. The van der Waals surface area contributed by atoms with Crippen LogP contribution in [0.5, 0.6) is 5.75 Å². The highest BCUT2D eigenvalue weighted by molar-refractivity contribution is 6.05. The summed E-state index contributed by atoms with van der Waals surface area (Å²) in [4.78, 5) is 24.5. The number of hydrogen-bond acceptors (Lipinski definition) is 5. The maximum Gasteiger partial charge on any atom is 0.416 e. The third kappa shape index (κ3) is 4.68. The number of amides is 1. The maximum absolute atomic E-state index is 13.0. The Balaban J connectivity index is 1.93. The summed E-state index contributed by atoms with van der Waals surface area (Å²) >= 11 is 0. The van der Waals surface area contributed by atoms with Gasteiger partial charge in [0.2, 0.25) is 0 Å². The number of nitrogens with one attached hydrogen (secondary N) is 1. The summed E-state index contributed by atoms with van der Waals surface area (Å²) in [7, 11) is 2.55. The molecule has 3 aromatic rings. The third-order valence-corrected chi connectivity index (χ3v) is 4.46. The Morgan fingerprint density at radius 3 is 2.48 bits per heavy atom. The standard InChI is InChI=1S/C21H18F3N3O4/c1-12-7-8-13(20(29)31-3)9-16(12)25-19(28)18-17(30-2)11-27(26-18)15-6-4-5-14(10-15)21(22,23)24/h4-11H,1-3H3,(H,25,28). The zero-order valence-corrected chi connectivity index (χ0v) is 16.8. The lowest BCUT2D eigenvalue weighted by Crippen LogP contribution is -2.15. The number of alkyl halides is 3. The SMILES string of the molecule is COC(=O)c1ccc(C)c(NC(=O)c2nn(-c3cccc(C(F)(F)F)c3)cc2OC)c1. The van der Waals surface area contributed by atoms with Gasteiger partial charge in [-0.05, 0) is 42.8 Å². The fourth-order valence-electron chi connectivity index (χ4n) is 2.80. The van der Waals surface area contributed by atoms with Crippen molar-refractivity contribution in [3.05, 3.63) is 71.0 Å². The molecule has 0 fully saturated rings. The molecule has 2 aromatic carbocycles. The number of hydrogen-bond donors (Lipinski definition) is 1. The van der Waals surface area contributed by atoms with Crippen LogP contribution in [0.2, 0.25) is 0 Å². The van der Waals surface area contributed by atoms with Crippen molar-refractivity contribution in [3.8, 4) is 11.4 Å². The minimum absolute atomic E-state index is 0.0664. The summed E-state index contributed by atoms with van der Waals surface area (Å²) in [5.41, 5.74) is 0.394. The molecule has 31 heavy (non-hydrogen) atoms. The first-order valence-electron chi connectivity index (χ1n) is 8.95. The van der Waals surface area contributed by atoms with E-state index < -0.39 is 23.6 Å². The van der Waals surface area contributed by atoms with Gasteiger partial charge in [0.1, 0.15) is 0 Å². The van der Waals surface area contributed by atoms with Gasteiger partial charge < -0.3 is 14.8 Å². The van der Waals surface area contributed by atoms with Crippen molar-refractivity contribution in [1.29, 1.82) is 0 Å². The zero-order valence-electron chi connectivity index (χ0n) is 16.8. The molecule has 0 spiro atoms. The fraction of sp³-hybridized carbons (Fsp3) is 0.190. The molecule has 0 atom stereocenters. The second-order valence-electron chi connectivity index (χ2n) is 6.51. The van der Waals surface area contributed by atoms with Crippen LogP contribution in [0.1, 0.15) is 32.0 Å². The molecule has 7 nitrogen and oxygen atoms in total. The Bertz CT molecular complexity index is 1140. The van der Waals surface area contributed by atoms with Crippen LogP contribution in [0, 0.1) is 6.92 Å². The van der Waals surface area contributed by atoms with Crippen LogP contribution in [0.4, 0.5) is 18.9 Å². The minimum Gasteiger partial charge on any atom is -0.493 e. The Kier molecular flexibility index (Phi) is 6.00. The van der Waals surface area contributed by atoms with Crippen molar-refractivity contribution < 1.29 is 32.2 Å². The van der Waals surface area contributed by atoms with Crippen molar-refractivity contribution in [1.82, 2.24) is 9.78 Å². The second-order valence-corrected chi connectivity index (χ2v) is 6.51. The van der Waals surface area contributed by atoms with Gasteiger partial charge in [-0.1, -0.05) is 12.1 Å². The highest BCUT2D eigenvalue weighted by Gasteiger charge is 2.31. The first kappa shape index (κ1) is 21.9. The number of aryl methyl sites for hydroxylation is 1. The van der Waals surface area contributed by atoms with Gasteiger partial charge in [0, 0.05) is 5.69 Å². The zero-order chi connectivity index (χ0) is 22.8. The molecular formula is C21H18F3N3O4. The average molecular weight is 433 g/mol. The molecule has 0 aliphatic rings.